The number of methoxy groups -OCH3 is 1. The summed E-state index contributed by atoms with van der Waals surface area (Å²) in [6, 6.07) is 5.24. The van der Waals surface area contributed by atoms with E-state index in [-0.39, 0.29) is 18.2 Å². The average Bonchev–Trinajstić information content (AvgIpc) is 2.87. The maximum absolute atomic E-state index is 13.7. The molecular formula is C18H18N4O3S3. The van der Waals surface area contributed by atoms with Gasteiger partial charge in [0, 0.05) is 25.7 Å². The summed E-state index contributed by atoms with van der Waals surface area (Å²) >= 11 is 7.93. The van der Waals surface area contributed by atoms with Gasteiger partial charge in [-0.1, -0.05) is 35.7 Å². The number of hydrogen-bond donors (Lipinski definition) is 0. The Kier molecular flexibility index (Phi) is 4.23. The summed E-state index contributed by atoms with van der Waals surface area (Å²) in [5, 5.41) is 10.1. The number of fused-ring (bicyclic) bond motifs is 3. The lowest BCUT2D eigenvalue weighted by molar-refractivity contribution is -0.163. The van der Waals surface area contributed by atoms with Gasteiger partial charge in [-0.25, -0.2) is 4.98 Å². The molecule has 2 unspecified atom stereocenters. The second kappa shape index (κ2) is 6.08. The van der Waals surface area contributed by atoms with E-state index in [1.165, 1.54) is 35.5 Å². The smallest absolute Gasteiger partial charge is 0.261 e. The highest BCUT2D eigenvalue weighted by atomic mass is 32.2. The second-order valence-electron chi connectivity index (χ2n) is 7.50. The molecule has 4 aliphatic heterocycles. The molecule has 1 spiro atoms. The Hall–Kier alpha value is -1.83. The summed E-state index contributed by atoms with van der Waals surface area (Å²) in [6.45, 7) is 3.50. The molecular weight excluding hydrogens is 416 g/mol. The molecule has 0 saturated carbocycles. The van der Waals surface area contributed by atoms with Crippen LogP contribution in [-0.2, 0) is 9.59 Å². The first-order chi connectivity index (χ1) is 13.1. The first kappa shape index (κ1) is 19.5. The molecule has 0 aromatic carbocycles. The van der Waals surface area contributed by atoms with Crippen molar-refractivity contribution in [2.45, 2.75) is 36.1 Å². The molecule has 10 heteroatoms. The number of amides is 2. The lowest BCUT2D eigenvalue weighted by atomic mass is 9.80. The van der Waals surface area contributed by atoms with E-state index in [1.54, 1.807) is 44.1 Å². The summed E-state index contributed by atoms with van der Waals surface area (Å²) in [5.74, 6) is 0.0249. The molecule has 146 valence electrons. The summed E-state index contributed by atoms with van der Waals surface area (Å²) in [5.41, 5.74) is -0.281. The number of pyridine rings is 1. The minimum absolute atomic E-state index is 0.197. The molecule has 5 rings (SSSR count). The number of ether oxygens (including phenoxy) is 1. The largest absolute Gasteiger partial charge is 0.481 e. The maximum Gasteiger partial charge on any atom is 0.261 e. The van der Waals surface area contributed by atoms with Crippen LogP contribution in [0.5, 0.6) is 5.88 Å². The molecule has 4 atom stereocenters. The standard InChI is InChI=1S/C18H18N4O3S3/c1-16(9-19)8-18-14(24)21(3)17(2,27-15(26)28-18)13(23)22(18)12(16)10-5-6-11(25-4)20-7-10/h5-7,12H,8H2,1-4H3/t12?,16-,17+,18?/m1/s1. The van der Waals surface area contributed by atoms with E-state index in [0.29, 0.717) is 15.0 Å². The number of thioether (sulfide) groups is 2. The van der Waals surface area contributed by atoms with Gasteiger partial charge in [0.1, 0.15) is 3.53 Å². The molecule has 5 heterocycles. The normalized spacial score (nSPS) is 37.0. The van der Waals surface area contributed by atoms with E-state index in [9.17, 15) is 14.9 Å². The van der Waals surface area contributed by atoms with Gasteiger partial charge in [0.25, 0.3) is 11.8 Å². The number of carbonyl (C=O) groups is 2. The van der Waals surface area contributed by atoms with Crippen LogP contribution in [0.1, 0.15) is 31.9 Å². The monoisotopic (exact) mass is 434 g/mol. The third-order valence-corrected chi connectivity index (χ3v) is 8.86. The molecule has 0 N–H and O–H groups in total. The van der Waals surface area contributed by atoms with Gasteiger partial charge in [0.05, 0.1) is 24.6 Å². The lowest BCUT2D eigenvalue weighted by Crippen LogP contribution is -2.69. The Morgan fingerprint density at radius 1 is 1.32 bits per heavy atom. The van der Waals surface area contributed by atoms with Crippen molar-refractivity contribution in [3.05, 3.63) is 23.9 Å². The van der Waals surface area contributed by atoms with E-state index in [0.717, 1.165) is 0 Å². The van der Waals surface area contributed by atoms with Gasteiger partial charge in [-0.15, -0.1) is 0 Å². The van der Waals surface area contributed by atoms with Crippen LogP contribution in [0.25, 0.3) is 0 Å². The summed E-state index contributed by atoms with van der Waals surface area (Å²) in [7, 11) is 3.15. The number of piperazine rings is 1. The van der Waals surface area contributed by atoms with Crippen molar-refractivity contribution in [3.63, 3.8) is 0 Å². The molecule has 1 aromatic rings. The second-order valence-corrected chi connectivity index (χ2v) is 11.4. The lowest BCUT2D eigenvalue weighted by Gasteiger charge is -2.49. The zero-order valence-electron chi connectivity index (χ0n) is 15.8. The molecule has 0 radical (unpaired) electrons. The Morgan fingerprint density at radius 3 is 2.61 bits per heavy atom. The fourth-order valence-corrected chi connectivity index (χ4v) is 8.17. The molecule has 7 nitrogen and oxygen atoms in total. The van der Waals surface area contributed by atoms with Crippen molar-refractivity contribution in [1.82, 2.24) is 14.8 Å². The van der Waals surface area contributed by atoms with Gasteiger partial charge in [-0.2, -0.15) is 5.26 Å². The van der Waals surface area contributed by atoms with E-state index in [1.807, 2.05) is 0 Å². The van der Waals surface area contributed by atoms with Gasteiger partial charge in [0.2, 0.25) is 5.88 Å². The highest BCUT2D eigenvalue weighted by molar-refractivity contribution is 8.48. The molecule has 4 saturated heterocycles. The van der Waals surface area contributed by atoms with Crippen LogP contribution >= 0.6 is 35.7 Å². The van der Waals surface area contributed by atoms with E-state index in [4.69, 9.17) is 17.0 Å². The predicted molar refractivity (Wildman–Crippen MR) is 110 cm³/mol. The molecule has 28 heavy (non-hydrogen) atoms. The van der Waals surface area contributed by atoms with Crippen molar-refractivity contribution in [3.8, 4) is 11.9 Å². The first-order valence-electron chi connectivity index (χ1n) is 8.58. The van der Waals surface area contributed by atoms with Gasteiger partial charge >= 0.3 is 0 Å². The maximum atomic E-state index is 13.7. The number of nitrogens with zero attached hydrogens (tertiary/aromatic N) is 4. The van der Waals surface area contributed by atoms with Crippen LogP contribution in [0.4, 0.5) is 0 Å². The molecule has 4 aliphatic rings. The van der Waals surface area contributed by atoms with Crippen molar-refractivity contribution < 1.29 is 14.3 Å². The van der Waals surface area contributed by atoms with Crippen LogP contribution in [0.2, 0.25) is 0 Å². The molecule has 4 fully saturated rings. The van der Waals surface area contributed by atoms with E-state index in [2.05, 4.69) is 11.1 Å². The molecule has 2 bridgehead atoms. The Labute approximate surface area is 176 Å². The zero-order valence-corrected chi connectivity index (χ0v) is 18.2. The minimum atomic E-state index is -1.22. The van der Waals surface area contributed by atoms with Crippen LogP contribution in [0.15, 0.2) is 18.3 Å². The van der Waals surface area contributed by atoms with Crippen molar-refractivity contribution in [1.29, 1.82) is 5.26 Å². The topological polar surface area (TPSA) is 86.5 Å². The number of aromatic nitrogens is 1. The van der Waals surface area contributed by atoms with Gasteiger partial charge in [0.15, 0.2) is 9.74 Å². The molecule has 0 aliphatic carbocycles. The number of nitriles is 1. The van der Waals surface area contributed by atoms with Crippen LogP contribution in [-0.4, -0.2) is 54.0 Å². The van der Waals surface area contributed by atoms with Crippen molar-refractivity contribution >= 4 is 51.1 Å². The zero-order chi connectivity index (χ0) is 20.5. The number of likely N-dealkylation sites (N-methyl/N-ethyl adjacent to an activating group) is 1. The summed E-state index contributed by atoms with van der Waals surface area (Å²) in [6.07, 6.45) is 1.81. The Bertz CT molecular complexity index is 948. The SMILES string of the molecule is COc1ccc(C2N3C(=O)[C@]4(C)SC(=S)SC3(C[C@]2(C)C#N)C(=O)N4C)cn1. The van der Waals surface area contributed by atoms with Crippen LogP contribution in [0, 0.1) is 16.7 Å². The minimum Gasteiger partial charge on any atom is -0.481 e. The van der Waals surface area contributed by atoms with Crippen LogP contribution < -0.4 is 4.74 Å². The fraction of sp³-hybridized carbons (Fsp3) is 0.500. The highest BCUT2D eigenvalue weighted by Gasteiger charge is 2.73. The molecule has 2 amide bonds. The number of hydrogen-bond acceptors (Lipinski definition) is 8. The summed E-state index contributed by atoms with van der Waals surface area (Å²) < 4.78 is 5.66. The Morgan fingerprint density at radius 2 is 2.04 bits per heavy atom. The molecule has 1 aromatic heterocycles. The quantitative estimate of drug-likeness (QED) is 0.657. The van der Waals surface area contributed by atoms with E-state index >= 15 is 0 Å². The van der Waals surface area contributed by atoms with Crippen molar-refractivity contribution in [2.24, 2.45) is 5.41 Å². The third-order valence-electron chi connectivity index (χ3n) is 5.83. The number of carbonyl (C=O) groups excluding carboxylic acids is 2. The van der Waals surface area contributed by atoms with Gasteiger partial charge < -0.3 is 14.5 Å². The first-order valence-corrected chi connectivity index (χ1v) is 10.6. The highest BCUT2D eigenvalue weighted by Crippen LogP contribution is 2.65. The van der Waals surface area contributed by atoms with Gasteiger partial charge in [-0.05, 0) is 25.5 Å². The number of thiocarbonyl (C=S) groups is 1. The summed E-state index contributed by atoms with van der Waals surface area (Å²) in [4.78, 5) is 32.2. The average molecular weight is 435 g/mol. The van der Waals surface area contributed by atoms with Crippen molar-refractivity contribution in [2.75, 3.05) is 14.2 Å². The predicted octanol–water partition coefficient (Wildman–Crippen LogP) is 2.54. The van der Waals surface area contributed by atoms with Gasteiger partial charge in [-0.3, -0.25) is 9.59 Å². The van der Waals surface area contributed by atoms with E-state index < -0.39 is 21.2 Å². The third kappa shape index (κ3) is 2.30. The Balaban J connectivity index is 1.95. The fourth-order valence-electron chi connectivity index (χ4n) is 4.31. The number of rotatable bonds is 2. The van der Waals surface area contributed by atoms with Crippen LogP contribution in [0.3, 0.4) is 0 Å².